The van der Waals surface area contributed by atoms with Crippen LogP contribution in [-0.2, 0) is 27.3 Å². The SMILES string of the molecule is COCCN1C(=O)Cc2ccccc2[C@@H]1C(=O)NCc1ccc(N2CCCCC2)cc1. The minimum Gasteiger partial charge on any atom is -0.383 e. The van der Waals surface area contributed by atoms with E-state index in [1.54, 1.807) is 12.0 Å². The zero-order chi connectivity index (χ0) is 21.6. The van der Waals surface area contributed by atoms with Gasteiger partial charge in [-0.2, -0.15) is 0 Å². The Kier molecular flexibility index (Phi) is 6.87. The fraction of sp³-hybridized carbons (Fsp3) is 0.440. The molecule has 2 amide bonds. The second-order valence-corrected chi connectivity index (χ2v) is 8.29. The van der Waals surface area contributed by atoms with Crippen molar-refractivity contribution < 1.29 is 14.3 Å². The van der Waals surface area contributed by atoms with Crippen molar-refractivity contribution in [3.05, 3.63) is 65.2 Å². The first-order valence-corrected chi connectivity index (χ1v) is 11.1. The summed E-state index contributed by atoms with van der Waals surface area (Å²) in [6.45, 7) is 3.46. The van der Waals surface area contributed by atoms with Gasteiger partial charge < -0.3 is 19.9 Å². The third-order valence-electron chi connectivity index (χ3n) is 6.23. The largest absolute Gasteiger partial charge is 0.383 e. The van der Waals surface area contributed by atoms with Gasteiger partial charge >= 0.3 is 0 Å². The second kappa shape index (κ2) is 9.96. The molecule has 1 N–H and O–H groups in total. The number of carbonyl (C=O) groups is 2. The van der Waals surface area contributed by atoms with Gasteiger partial charge in [-0.05, 0) is 48.1 Å². The molecule has 6 heteroatoms. The van der Waals surface area contributed by atoms with Gasteiger partial charge in [-0.1, -0.05) is 36.4 Å². The molecule has 0 bridgehead atoms. The van der Waals surface area contributed by atoms with E-state index in [-0.39, 0.29) is 11.8 Å². The molecule has 6 nitrogen and oxygen atoms in total. The first-order valence-electron chi connectivity index (χ1n) is 11.1. The molecule has 31 heavy (non-hydrogen) atoms. The van der Waals surface area contributed by atoms with Gasteiger partial charge in [-0.25, -0.2) is 0 Å². The number of benzene rings is 2. The number of fused-ring (bicyclic) bond motifs is 1. The Morgan fingerprint density at radius 2 is 1.81 bits per heavy atom. The summed E-state index contributed by atoms with van der Waals surface area (Å²) >= 11 is 0. The lowest BCUT2D eigenvalue weighted by Gasteiger charge is -2.36. The van der Waals surface area contributed by atoms with Crippen molar-refractivity contribution in [1.29, 1.82) is 0 Å². The molecule has 1 atom stereocenters. The van der Waals surface area contributed by atoms with E-state index in [0.717, 1.165) is 29.8 Å². The Morgan fingerprint density at radius 3 is 2.55 bits per heavy atom. The molecule has 164 valence electrons. The number of anilines is 1. The fourth-order valence-corrected chi connectivity index (χ4v) is 4.53. The van der Waals surface area contributed by atoms with E-state index in [9.17, 15) is 9.59 Å². The van der Waals surface area contributed by atoms with Gasteiger partial charge in [0.05, 0.1) is 13.0 Å². The third kappa shape index (κ3) is 4.90. The quantitative estimate of drug-likeness (QED) is 0.746. The van der Waals surface area contributed by atoms with E-state index < -0.39 is 6.04 Å². The number of hydrogen-bond acceptors (Lipinski definition) is 4. The molecule has 1 fully saturated rings. The number of hydrogen-bond donors (Lipinski definition) is 1. The van der Waals surface area contributed by atoms with Gasteiger partial charge in [-0.15, -0.1) is 0 Å². The Labute approximate surface area is 184 Å². The Hall–Kier alpha value is -2.86. The van der Waals surface area contributed by atoms with Crippen LogP contribution in [0.2, 0.25) is 0 Å². The van der Waals surface area contributed by atoms with Crippen molar-refractivity contribution in [3.8, 4) is 0 Å². The van der Waals surface area contributed by atoms with E-state index in [1.165, 1.54) is 24.9 Å². The summed E-state index contributed by atoms with van der Waals surface area (Å²) in [5.74, 6) is -0.196. The van der Waals surface area contributed by atoms with Gasteiger partial charge in [0.15, 0.2) is 0 Å². The second-order valence-electron chi connectivity index (χ2n) is 8.29. The highest BCUT2D eigenvalue weighted by atomic mass is 16.5. The van der Waals surface area contributed by atoms with Crippen LogP contribution in [0.4, 0.5) is 5.69 Å². The summed E-state index contributed by atoms with van der Waals surface area (Å²) in [6, 6.07) is 15.5. The van der Waals surface area contributed by atoms with E-state index in [1.807, 2.05) is 24.3 Å². The van der Waals surface area contributed by atoms with Crippen LogP contribution in [0, 0.1) is 0 Å². The van der Waals surface area contributed by atoms with Crippen LogP contribution >= 0.6 is 0 Å². The van der Waals surface area contributed by atoms with Crippen molar-refractivity contribution in [2.45, 2.75) is 38.3 Å². The molecule has 0 radical (unpaired) electrons. The summed E-state index contributed by atoms with van der Waals surface area (Å²) in [7, 11) is 1.60. The highest BCUT2D eigenvalue weighted by Gasteiger charge is 2.36. The van der Waals surface area contributed by atoms with Crippen molar-refractivity contribution in [1.82, 2.24) is 10.2 Å². The highest BCUT2D eigenvalue weighted by molar-refractivity contribution is 5.92. The molecule has 0 spiro atoms. The molecule has 4 rings (SSSR count). The van der Waals surface area contributed by atoms with E-state index in [4.69, 9.17) is 4.74 Å². The summed E-state index contributed by atoms with van der Waals surface area (Å²) in [6.07, 6.45) is 4.13. The zero-order valence-corrected chi connectivity index (χ0v) is 18.2. The Bertz CT molecular complexity index is 906. The summed E-state index contributed by atoms with van der Waals surface area (Å²) in [5.41, 5.74) is 4.11. The van der Waals surface area contributed by atoms with E-state index in [0.29, 0.717) is 26.1 Å². The van der Waals surface area contributed by atoms with Gasteiger partial charge in [0, 0.05) is 39.0 Å². The first kappa shape index (κ1) is 21.4. The third-order valence-corrected chi connectivity index (χ3v) is 6.23. The van der Waals surface area contributed by atoms with Crippen LogP contribution < -0.4 is 10.2 Å². The minimum absolute atomic E-state index is 0.0400. The molecule has 2 heterocycles. The molecule has 0 aliphatic carbocycles. The summed E-state index contributed by atoms with van der Waals surface area (Å²) in [4.78, 5) is 30.0. The molecule has 0 aromatic heterocycles. The van der Waals surface area contributed by atoms with Gasteiger partial charge in [0.25, 0.3) is 0 Å². The number of methoxy groups -OCH3 is 1. The maximum atomic E-state index is 13.2. The average Bonchev–Trinajstić information content (AvgIpc) is 2.82. The van der Waals surface area contributed by atoms with E-state index >= 15 is 0 Å². The highest BCUT2D eigenvalue weighted by Crippen LogP contribution is 2.30. The topological polar surface area (TPSA) is 61.9 Å². The number of ether oxygens (including phenoxy) is 1. The Morgan fingerprint density at radius 1 is 1.06 bits per heavy atom. The summed E-state index contributed by atoms with van der Waals surface area (Å²) in [5, 5.41) is 3.05. The van der Waals surface area contributed by atoms with Crippen LogP contribution in [0.5, 0.6) is 0 Å². The van der Waals surface area contributed by atoms with Crippen LogP contribution in [0.15, 0.2) is 48.5 Å². The van der Waals surface area contributed by atoms with Crippen molar-refractivity contribution in [3.63, 3.8) is 0 Å². The standard InChI is InChI=1S/C25H31N3O3/c1-31-16-15-28-23(29)17-20-7-3-4-8-22(20)24(28)25(30)26-18-19-9-11-21(12-10-19)27-13-5-2-6-14-27/h3-4,7-12,24H,2,5-6,13-18H2,1H3,(H,26,30)/t24-/m1/s1. The van der Waals surface area contributed by atoms with Gasteiger partial charge in [0.2, 0.25) is 11.8 Å². The molecule has 2 aliphatic rings. The number of nitrogens with zero attached hydrogens (tertiary/aromatic N) is 2. The maximum absolute atomic E-state index is 13.2. The molecule has 2 aromatic carbocycles. The fourth-order valence-electron chi connectivity index (χ4n) is 4.53. The Balaban J connectivity index is 1.45. The lowest BCUT2D eigenvalue weighted by molar-refractivity contribution is -0.142. The monoisotopic (exact) mass is 421 g/mol. The average molecular weight is 422 g/mol. The summed E-state index contributed by atoms with van der Waals surface area (Å²) < 4.78 is 5.17. The molecule has 1 saturated heterocycles. The van der Waals surface area contributed by atoms with Crippen molar-refractivity contribution in [2.75, 3.05) is 38.3 Å². The van der Waals surface area contributed by atoms with E-state index in [2.05, 4.69) is 34.5 Å². The predicted octanol–water partition coefficient (Wildman–Crippen LogP) is 3.07. The lowest BCUT2D eigenvalue weighted by atomic mass is 9.91. The number of carbonyl (C=O) groups excluding carboxylic acids is 2. The van der Waals surface area contributed by atoms with Crippen LogP contribution in [0.25, 0.3) is 0 Å². The number of rotatable bonds is 7. The lowest BCUT2D eigenvalue weighted by Crippen LogP contribution is -2.48. The number of nitrogens with one attached hydrogen (secondary N) is 1. The van der Waals surface area contributed by atoms with Gasteiger partial charge in [0.1, 0.15) is 6.04 Å². The molecule has 2 aliphatic heterocycles. The van der Waals surface area contributed by atoms with Crippen LogP contribution in [0.3, 0.4) is 0 Å². The maximum Gasteiger partial charge on any atom is 0.247 e. The minimum atomic E-state index is -0.625. The molecular weight excluding hydrogens is 390 g/mol. The van der Waals surface area contributed by atoms with Gasteiger partial charge in [-0.3, -0.25) is 9.59 Å². The predicted molar refractivity (Wildman–Crippen MR) is 121 cm³/mol. The van der Waals surface area contributed by atoms with Crippen LogP contribution in [0.1, 0.15) is 42.0 Å². The molecule has 2 aromatic rings. The van der Waals surface area contributed by atoms with Crippen molar-refractivity contribution >= 4 is 17.5 Å². The van der Waals surface area contributed by atoms with Crippen molar-refractivity contribution in [2.24, 2.45) is 0 Å². The zero-order valence-electron chi connectivity index (χ0n) is 18.2. The molecular formula is C25H31N3O3. The molecule has 0 saturated carbocycles. The normalized spacial score (nSPS) is 18.6. The number of amides is 2. The first-order chi connectivity index (χ1) is 15.2. The molecule has 0 unspecified atom stereocenters. The van der Waals surface area contributed by atoms with Crippen LogP contribution in [-0.4, -0.2) is 50.1 Å². The smallest absolute Gasteiger partial charge is 0.247 e. The number of piperidine rings is 1.